The summed E-state index contributed by atoms with van der Waals surface area (Å²) in [5.41, 5.74) is 5.52. The SMILES string of the molecule is CC(=NNC(=O)COc1ccc(C)cc1C)C(C)(C)C. The van der Waals surface area contributed by atoms with E-state index in [2.05, 4.69) is 10.5 Å². The summed E-state index contributed by atoms with van der Waals surface area (Å²) in [6, 6.07) is 5.86. The van der Waals surface area contributed by atoms with Crippen LogP contribution in [0.1, 0.15) is 38.8 Å². The molecule has 1 rings (SSSR count). The molecule has 20 heavy (non-hydrogen) atoms. The molecule has 0 fully saturated rings. The first-order chi connectivity index (χ1) is 9.20. The summed E-state index contributed by atoms with van der Waals surface area (Å²) in [5.74, 6) is 0.468. The van der Waals surface area contributed by atoms with E-state index in [0.29, 0.717) is 0 Å². The maximum absolute atomic E-state index is 11.7. The molecule has 0 bridgehead atoms. The second kappa shape index (κ2) is 6.55. The summed E-state index contributed by atoms with van der Waals surface area (Å²) in [6.07, 6.45) is 0. The molecule has 0 aromatic heterocycles. The van der Waals surface area contributed by atoms with Gasteiger partial charge in [-0.3, -0.25) is 4.79 Å². The van der Waals surface area contributed by atoms with Crippen LogP contribution in [0.5, 0.6) is 5.75 Å². The second-order valence-electron chi connectivity index (χ2n) is 6.04. The van der Waals surface area contributed by atoms with Crippen LogP contribution in [-0.4, -0.2) is 18.2 Å². The van der Waals surface area contributed by atoms with Gasteiger partial charge in [-0.05, 0) is 32.4 Å². The zero-order valence-corrected chi connectivity index (χ0v) is 13.2. The van der Waals surface area contributed by atoms with Crippen LogP contribution in [0.2, 0.25) is 0 Å². The zero-order valence-electron chi connectivity index (χ0n) is 13.2. The molecule has 0 saturated carbocycles. The molecule has 0 aliphatic rings. The lowest BCUT2D eigenvalue weighted by Crippen LogP contribution is -2.28. The van der Waals surface area contributed by atoms with Crippen LogP contribution in [0.15, 0.2) is 23.3 Å². The van der Waals surface area contributed by atoms with Crippen LogP contribution < -0.4 is 10.2 Å². The van der Waals surface area contributed by atoms with Crippen molar-refractivity contribution < 1.29 is 9.53 Å². The van der Waals surface area contributed by atoms with Crippen LogP contribution in [0.4, 0.5) is 0 Å². The van der Waals surface area contributed by atoms with Gasteiger partial charge in [-0.1, -0.05) is 38.5 Å². The largest absolute Gasteiger partial charge is 0.483 e. The van der Waals surface area contributed by atoms with E-state index in [9.17, 15) is 4.79 Å². The van der Waals surface area contributed by atoms with E-state index in [1.807, 2.05) is 59.7 Å². The highest BCUT2D eigenvalue weighted by molar-refractivity contribution is 5.88. The third-order valence-electron chi connectivity index (χ3n) is 3.12. The van der Waals surface area contributed by atoms with Gasteiger partial charge in [0.25, 0.3) is 5.91 Å². The monoisotopic (exact) mass is 276 g/mol. The molecular weight excluding hydrogens is 252 g/mol. The van der Waals surface area contributed by atoms with Gasteiger partial charge in [-0.15, -0.1) is 0 Å². The van der Waals surface area contributed by atoms with Crippen molar-refractivity contribution in [2.75, 3.05) is 6.61 Å². The highest BCUT2D eigenvalue weighted by atomic mass is 16.5. The molecule has 1 N–H and O–H groups in total. The van der Waals surface area contributed by atoms with Gasteiger partial charge < -0.3 is 4.74 Å². The molecule has 4 nitrogen and oxygen atoms in total. The molecule has 0 radical (unpaired) electrons. The van der Waals surface area contributed by atoms with E-state index in [4.69, 9.17) is 4.74 Å². The second-order valence-corrected chi connectivity index (χ2v) is 6.04. The molecule has 0 spiro atoms. The van der Waals surface area contributed by atoms with Crippen molar-refractivity contribution in [3.63, 3.8) is 0 Å². The molecule has 0 unspecified atom stereocenters. The number of hydrazone groups is 1. The summed E-state index contributed by atoms with van der Waals surface area (Å²) >= 11 is 0. The Hall–Kier alpha value is -1.84. The number of hydrogen-bond acceptors (Lipinski definition) is 3. The fraction of sp³-hybridized carbons (Fsp3) is 0.500. The van der Waals surface area contributed by atoms with Gasteiger partial charge in [0.05, 0.1) is 0 Å². The first-order valence-electron chi connectivity index (χ1n) is 6.74. The van der Waals surface area contributed by atoms with Gasteiger partial charge in [-0.2, -0.15) is 5.10 Å². The van der Waals surface area contributed by atoms with Gasteiger partial charge >= 0.3 is 0 Å². The summed E-state index contributed by atoms with van der Waals surface area (Å²) in [4.78, 5) is 11.7. The van der Waals surface area contributed by atoms with Crippen molar-refractivity contribution in [1.82, 2.24) is 5.43 Å². The van der Waals surface area contributed by atoms with Crippen molar-refractivity contribution >= 4 is 11.6 Å². The minimum Gasteiger partial charge on any atom is -0.483 e. The van der Waals surface area contributed by atoms with Crippen LogP contribution in [-0.2, 0) is 4.79 Å². The maximum atomic E-state index is 11.7. The molecule has 1 aromatic rings. The molecule has 110 valence electrons. The smallest absolute Gasteiger partial charge is 0.277 e. The molecule has 0 atom stereocenters. The van der Waals surface area contributed by atoms with Gasteiger partial charge in [0.1, 0.15) is 5.75 Å². The number of aryl methyl sites for hydroxylation is 2. The molecular formula is C16H24N2O2. The Labute approximate surface area is 121 Å². The Bertz CT molecular complexity index is 514. The van der Waals surface area contributed by atoms with Crippen molar-refractivity contribution in [2.45, 2.75) is 41.5 Å². The lowest BCUT2D eigenvalue weighted by Gasteiger charge is -2.17. The number of hydrogen-bond donors (Lipinski definition) is 1. The zero-order chi connectivity index (χ0) is 15.3. The van der Waals surface area contributed by atoms with Crippen LogP contribution in [0.25, 0.3) is 0 Å². The predicted octanol–water partition coefficient (Wildman–Crippen LogP) is 3.22. The third kappa shape index (κ3) is 5.03. The normalized spacial score (nSPS) is 12.2. The third-order valence-corrected chi connectivity index (χ3v) is 3.12. The first kappa shape index (κ1) is 16.2. The van der Waals surface area contributed by atoms with E-state index in [0.717, 1.165) is 17.0 Å². The number of benzene rings is 1. The van der Waals surface area contributed by atoms with Crippen molar-refractivity contribution in [2.24, 2.45) is 10.5 Å². The molecule has 0 heterocycles. The van der Waals surface area contributed by atoms with Crippen LogP contribution in [0, 0.1) is 19.3 Å². The highest BCUT2D eigenvalue weighted by Crippen LogP contribution is 2.18. The lowest BCUT2D eigenvalue weighted by molar-refractivity contribution is -0.123. The van der Waals surface area contributed by atoms with E-state index in [-0.39, 0.29) is 17.9 Å². The topological polar surface area (TPSA) is 50.7 Å². The average molecular weight is 276 g/mol. The van der Waals surface area contributed by atoms with Crippen LogP contribution in [0.3, 0.4) is 0 Å². The standard InChI is InChI=1S/C16H24N2O2/c1-11-7-8-14(12(2)9-11)20-10-15(19)18-17-13(3)16(4,5)6/h7-9H,10H2,1-6H3,(H,18,19). The van der Waals surface area contributed by atoms with E-state index in [1.165, 1.54) is 5.56 Å². The number of carbonyl (C=O) groups is 1. The highest BCUT2D eigenvalue weighted by Gasteiger charge is 2.14. The van der Waals surface area contributed by atoms with Gasteiger partial charge in [0.2, 0.25) is 0 Å². The molecule has 4 heteroatoms. The fourth-order valence-electron chi connectivity index (χ4n) is 1.45. The number of nitrogens with one attached hydrogen (secondary N) is 1. The minimum absolute atomic E-state index is 0.0369. The lowest BCUT2D eigenvalue weighted by atomic mass is 9.91. The van der Waals surface area contributed by atoms with Gasteiger partial charge in [0.15, 0.2) is 6.61 Å². The Morgan fingerprint density at radius 2 is 1.95 bits per heavy atom. The Morgan fingerprint density at radius 1 is 1.30 bits per heavy atom. The average Bonchev–Trinajstić information content (AvgIpc) is 2.33. The Kier molecular flexibility index (Phi) is 5.31. The Balaban J connectivity index is 2.52. The van der Waals surface area contributed by atoms with Gasteiger partial charge in [0, 0.05) is 11.1 Å². The summed E-state index contributed by atoms with van der Waals surface area (Å²) in [7, 11) is 0. The fourth-order valence-corrected chi connectivity index (χ4v) is 1.45. The summed E-state index contributed by atoms with van der Waals surface area (Å²) in [5, 5.41) is 4.08. The number of nitrogens with zero attached hydrogens (tertiary/aromatic N) is 1. The number of amides is 1. The minimum atomic E-state index is -0.256. The van der Waals surface area contributed by atoms with Crippen LogP contribution >= 0.6 is 0 Å². The van der Waals surface area contributed by atoms with E-state index >= 15 is 0 Å². The van der Waals surface area contributed by atoms with Crippen molar-refractivity contribution in [1.29, 1.82) is 0 Å². The summed E-state index contributed by atoms with van der Waals surface area (Å²) in [6.45, 7) is 12.0. The molecule has 0 aliphatic heterocycles. The quantitative estimate of drug-likeness (QED) is 0.678. The predicted molar refractivity (Wildman–Crippen MR) is 82.1 cm³/mol. The first-order valence-corrected chi connectivity index (χ1v) is 6.74. The Morgan fingerprint density at radius 3 is 2.50 bits per heavy atom. The summed E-state index contributed by atoms with van der Waals surface area (Å²) < 4.78 is 5.49. The number of rotatable bonds is 4. The van der Waals surface area contributed by atoms with E-state index < -0.39 is 0 Å². The number of carbonyl (C=O) groups excluding carboxylic acids is 1. The number of ether oxygens (including phenoxy) is 1. The van der Waals surface area contributed by atoms with E-state index in [1.54, 1.807) is 0 Å². The van der Waals surface area contributed by atoms with Crippen molar-refractivity contribution in [3.05, 3.63) is 29.3 Å². The van der Waals surface area contributed by atoms with Gasteiger partial charge in [-0.25, -0.2) is 5.43 Å². The molecule has 0 saturated heterocycles. The van der Waals surface area contributed by atoms with Crippen molar-refractivity contribution in [3.8, 4) is 5.75 Å². The molecule has 1 aromatic carbocycles. The molecule has 0 aliphatic carbocycles. The molecule has 1 amide bonds. The maximum Gasteiger partial charge on any atom is 0.277 e.